The normalized spacial score (nSPS) is 32.7. The van der Waals surface area contributed by atoms with Crippen molar-refractivity contribution < 1.29 is 22.3 Å². The molecule has 5 aliphatic rings. The second kappa shape index (κ2) is 7.19. The van der Waals surface area contributed by atoms with Crippen LogP contribution in [0.25, 0.3) is 0 Å². The third kappa shape index (κ3) is 3.62. The lowest BCUT2D eigenvalue weighted by Crippen LogP contribution is -2.49. The van der Waals surface area contributed by atoms with Crippen molar-refractivity contribution in [2.75, 3.05) is 19.7 Å². The molecular formula is C22H29FN2O4S. The molecule has 1 amide bonds. The Balaban J connectivity index is 1.28. The number of carbonyl (C=O) groups excluding carboxylic acids is 1. The van der Waals surface area contributed by atoms with Crippen LogP contribution in [0.3, 0.4) is 0 Å². The minimum Gasteiger partial charge on any atom is -0.493 e. The standard InChI is InChI=1S/C22H29FN2O4S/c1-14-5-18(21(26)24-30(27,28)25-3-2-4-25)19(23)9-20(14)29-13-22-10-15-6-16(11-22)8-17(7-15)12-22/h5,9,15-17H,2-4,6-8,10-13H2,1H3,(H,24,26). The summed E-state index contributed by atoms with van der Waals surface area (Å²) >= 11 is 0. The molecule has 6 nitrogen and oxygen atoms in total. The van der Waals surface area contributed by atoms with E-state index in [9.17, 15) is 17.6 Å². The van der Waals surface area contributed by atoms with Crippen LogP contribution in [0.1, 0.15) is 60.9 Å². The number of benzene rings is 1. The summed E-state index contributed by atoms with van der Waals surface area (Å²) in [5.41, 5.74) is 0.560. The molecule has 0 spiro atoms. The Morgan fingerprint density at radius 2 is 1.77 bits per heavy atom. The summed E-state index contributed by atoms with van der Waals surface area (Å²) in [5.74, 6) is 1.17. The van der Waals surface area contributed by atoms with Gasteiger partial charge in [0.15, 0.2) is 0 Å². The molecule has 1 aliphatic heterocycles. The van der Waals surface area contributed by atoms with Gasteiger partial charge in [-0.15, -0.1) is 0 Å². The van der Waals surface area contributed by atoms with Gasteiger partial charge in [0.05, 0.1) is 12.2 Å². The van der Waals surface area contributed by atoms with E-state index in [4.69, 9.17) is 4.74 Å². The Kier molecular flexibility index (Phi) is 4.85. The summed E-state index contributed by atoms with van der Waals surface area (Å²) in [6, 6.07) is 2.60. The van der Waals surface area contributed by atoms with Crippen LogP contribution in [0, 0.1) is 35.9 Å². The van der Waals surface area contributed by atoms with Crippen molar-refractivity contribution in [3.8, 4) is 5.75 Å². The number of hydrogen-bond donors (Lipinski definition) is 1. The number of rotatable bonds is 6. The summed E-state index contributed by atoms with van der Waals surface area (Å²) < 4.78 is 48.1. The van der Waals surface area contributed by atoms with Gasteiger partial charge in [-0.1, -0.05) is 0 Å². The zero-order valence-corrected chi connectivity index (χ0v) is 18.1. The molecule has 1 aromatic carbocycles. The third-order valence-corrected chi connectivity index (χ3v) is 9.07. The first kappa shape index (κ1) is 20.2. The summed E-state index contributed by atoms with van der Waals surface area (Å²) in [4.78, 5) is 12.4. The van der Waals surface area contributed by atoms with E-state index in [1.54, 1.807) is 6.92 Å². The fourth-order valence-electron chi connectivity index (χ4n) is 6.45. The smallest absolute Gasteiger partial charge is 0.304 e. The lowest BCUT2D eigenvalue weighted by molar-refractivity contribution is -0.0746. The van der Waals surface area contributed by atoms with E-state index < -0.39 is 21.9 Å². The number of ether oxygens (including phenoxy) is 1. The topological polar surface area (TPSA) is 75.7 Å². The summed E-state index contributed by atoms with van der Waals surface area (Å²) in [7, 11) is -3.91. The Morgan fingerprint density at radius 1 is 1.17 bits per heavy atom. The van der Waals surface area contributed by atoms with Crippen molar-refractivity contribution >= 4 is 16.1 Å². The molecule has 0 unspecified atom stereocenters. The Bertz CT molecular complexity index is 938. The van der Waals surface area contributed by atoms with E-state index >= 15 is 0 Å². The summed E-state index contributed by atoms with van der Waals surface area (Å²) in [6.07, 6.45) is 8.45. The van der Waals surface area contributed by atoms with Gasteiger partial charge in [-0.25, -0.2) is 9.11 Å². The molecule has 1 N–H and O–H groups in total. The molecule has 30 heavy (non-hydrogen) atoms. The van der Waals surface area contributed by atoms with Gasteiger partial charge in [0.25, 0.3) is 5.91 Å². The average molecular weight is 437 g/mol. The fourth-order valence-corrected chi connectivity index (χ4v) is 7.67. The number of halogens is 1. The second-order valence-electron chi connectivity index (χ2n) is 9.99. The van der Waals surface area contributed by atoms with Crippen molar-refractivity contribution in [3.63, 3.8) is 0 Å². The van der Waals surface area contributed by atoms with E-state index in [-0.39, 0.29) is 11.0 Å². The van der Waals surface area contributed by atoms with Crippen LogP contribution >= 0.6 is 0 Å². The maximum Gasteiger partial charge on any atom is 0.304 e. The van der Waals surface area contributed by atoms with Crippen LogP contribution in [0.15, 0.2) is 12.1 Å². The number of carbonyl (C=O) groups is 1. The van der Waals surface area contributed by atoms with Crippen molar-refractivity contribution in [2.24, 2.45) is 23.2 Å². The van der Waals surface area contributed by atoms with Gasteiger partial charge < -0.3 is 4.74 Å². The molecule has 0 aromatic heterocycles. The van der Waals surface area contributed by atoms with Crippen LogP contribution < -0.4 is 9.46 Å². The molecule has 0 radical (unpaired) electrons. The van der Waals surface area contributed by atoms with E-state index in [2.05, 4.69) is 0 Å². The summed E-state index contributed by atoms with van der Waals surface area (Å²) in [5, 5.41) is 0. The van der Waals surface area contributed by atoms with E-state index in [1.165, 1.54) is 55.0 Å². The predicted octanol–water partition coefficient (Wildman–Crippen LogP) is 3.41. The quantitative estimate of drug-likeness (QED) is 0.742. The van der Waals surface area contributed by atoms with Gasteiger partial charge in [0.1, 0.15) is 11.6 Å². The molecular weight excluding hydrogens is 407 g/mol. The molecule has 6 rings (SSSR count). The fraction of sp³-hybridized carbons (Fsp3) is 0.682. The van der Waals surface area contributed by atoms with Gasteiger partial charge >= 0.3 is 10.2 Å². The van der Waals surface area contributed by atoms with Crippen molar-refractivity contribution in [3.05, 3.63) is 29.1 Å². The maximum atomic E-state index is 14.7. The minimum absolute atomic E-state index is 0.207. The predicted molar refractivity (Wildman–Crippen MR) is 110 cm³/mol. The molecule has 5 fully saturated rings. The van der Waals surface area contributed by atoms with E-state index in [1.807, 2.05) is 4.72 Å². The zero-order chi connectivity index (χ0) is 21.1. The Hall–Kier alpha value is -1.67. The average Bonchev–Trinajstić information content (AvgIpc) is 2.58. The molecule has 8 heteroatoms. The van der Waals surface area contributed by atoms with Gasteiger partial charge in [0.2, 0.25) is 0 Å². The first-order valence-corrected chi connectivity index (χ1v) is 12.4. The number of amides is 1. The number of nitrogens with one attached hydrogen (secondary N) is 1. The monoisotopic (exact) mass is 436 g/mol. The molecule has 4 bridgehead atoms. The lowest BCUT2D eigenvalue weighted by Gasteiger charge is -2.56. The maximum absolute atomic E-state index is 14.7. The van der Waals surface area contributed by atoms with Crippen LogP contribution in [-0.4, -0.2) is 38.3 Å². The van der Waals surface area contributed by atoms with Crippen LogP contribution in [0.2, 0.25) is 0 Å². The van der Waals surface area contributed by atoms with Crippen LogP contribution in [-0.2, 0) is 10.2 Å². The van der Waals surface area contributed by atoms with Crippen molar-refractivity contribution in [1.82, 2.24) is 9.03 Å². The van der Waals surface area contributed by atoms with Crippen LogP contribution in [0.4, 0.5) is 4.39 Å². The molecule has 1 saturated heterocycles. The largest absolute Gasteiger partial charge is 0.493 e. The molecule has 1 heterocycles. The van der Waals surface area contributed by atoms with E-state index in [0.717, 1.165) is 24.2 Å². The molecule has 164 valence electrons. The molecule has 4 aliphatic carbocycles. The second-order valence-corrected chi connectivity index (χ2v) is 11.7. The first-order valence-electron chi connectivity index (χ1n) is 11.0. The van der Waals surface area contributed by atoms with Gasteiger partial charge in [-0.3, -0.25) is 4.79 Å². The Morgan fingerprint density at radius 3 is 2.30 bits per heavy atom. The SMILES string of the molecule is Cc1cc(C(=O)NS(=O)(=O)N2CCC2)c(F)cc1OCC12CC3CC(CC(C3)C1)C2. The highest BCUT2D eigenvalue weighted by molar-refractivity contribution is 7.87. The third-order valence-electron chi connectivity index (χ3n) is 7.58. The first-order chi connectivity index (χ1) is 14.2. The zero-order valence-electron chi connectivity index (χ0n) is 17.3. The summed E-state index contributed by atoms with van der Waals surface area (Å²) in [6.45, 7) is 3.10. The molecule has 1 aromatic rings. The van der Waals surface area contributed by atoms with Gasteiger partial charge in [0, 0.05) is 24.6 Å². The van der Waals surface area contributed by atoms with E-state index in [0.29, 0.717) is 31.0 Å². The highest BCUT2D eigenvalue weighted by Gasteiger charge is 2.51. The van der Waals surface area contributed by atoms with Crippen molar-refractivity contribution in [2.45, 2.75) is 51.9 Å². The van der Waals surface area contributed by atoms with Crippen LogP contribution in [0.5, 0.6) is 5.75 Å². The van der Waals surface area contributed by atoms with Gasteiger partial charge in [-0.05, 0) is 81.3 Å². The highest BCUT2D eigenvalue weighted by atomic mass is 32.2. The number of hydrogen-bond acceptors (Lipinski definition) is 4. The van der Waals surface area contributed by atoms with Crippen molar-refractivity contribution in [1.29, 1.82) is 0 Å². The molecule has 0 atom stereocenters. The molecule has 4 saturated carbocycles. The lowest BCUT2D eigenvalue weighted by atomic mass is 9.50. The Labute approximate surface area is 177 Å². The number of nitrogens with zero attached hydrogens (tertiary/aromatic N) is 1. The highest BCUT2D eigenvalue weighted by Crippen LogP contribution is 2.60. The minimum atomic E-state index is -3.91. The number of aryl methyl sites for hydroxylation is 1. The van der Waals surface area contributed by atoms with Gasteiger partial charge in [-0.2, -0.15) is 12.7 Å².